The van der Waals surface area contributed by atoms with E-state index in [1.807, 2.05) is 18.2 Å². The van der Waals surface area contributed by atoms with Crippen LogP contribution in [0.5, 0.6) is 0 Å². The molecule has 3 aliphatic heterocycles. The third-order valence-electron chi connectivity index (χ3n) is 5.02. The summed E-state index contributed by atoms with van der Waals surface area (Å²) in [6, 6.07) is 5.83. The van der Waals surface area contributed by atoms with Crippen LogP contribution < -0.4 is 0 Å². The number of Topliss-reactive ketones (excluding diaryl/α,β-unsaturated/α-hetero) is 1. The maximum Gasteiger partial charge on any atom is 0.163 e. The number of H-pyrrole nitrogens is 1. The van der Waals surface area contributed by atoms with Crippen molar-refractivity contribution in [2.75, 3.05) is 19.6 Å². The summed E-state index contributed by atoms with van der Waals surface area (Å²) < 4.78 is 0. The van der Waals surface area contributed by atoms with Crippen LogP contribution in [0.15, 0.2) is 24.4 Å². The first-order valence-electron chi connectivity index (χ1n) is 7.49. The molecule has 1 aromatic carbocycles. The number of fused-ring (bicyclic) bond motifs is 4. The molecule has 1 aromatic heterocycles. The fourth-order valence-corrected chi connectivity index (χ4v) is 3.88. The SMILES string of the molecule is O=C(C[C@H]1CN2CCC1CC2)c1cccc2[nH]ncc12. The first-order chi connectivity index (χ1) is 9.81. The number of hydrogen-bond donors (Lipinski definition) is 1. The van der Waals surface area contributed by atoms with Gasteiger partial charge >= 0.3 is 0 Å². The first kappa shape index (κ1) is 12.1. The second-order valence-electron chi connectivity index (χ2n) is 6.16. The molecule has 4 heterocycles. The summed E-state index contributed by atoms with van der Waals surface area (Å²) in [5.74, 6) is 1.58. The Kier molecular flexibility index (Phi) is 2.84. The molecule has 104 valence electrons. The minimum absolute atomic E-state index is 0.274. The summed E-state index contributed by atoms with van der Waals surface area (Å²) in [6.07, 6.45) is 4.99. The molecule has 1 N–H and O–H groups in total. The molecule has 0 amide bonds. The van der Waals surface area contributed by atoms with Gasteiger partial charge in [0.05, 0.1) is 11.7 Å². The Labute approximate surface area is 118 Å². The van der Waals surface area contributed by atoms with E-state index in [1.54, 1.807) is 6.20 Å². The van der Waals surface area contributed by atoms with Crippen molar-refractivity contribution >= 4 is 16.7 Å². The van der Waals surface area contributed by atoms with E-state index in [0.717, 1.165) is 28.9 Å². The maximum atomic E-state index is 12.6. The van der Waals surface area contributed by atoms with Crippen LogP contribution in [0.25, 0.3) is 10.9 Å². The minimum atomic E-state index is 0.274. The highest BCUT2D eigenvalue weighted by molar-refractivity contribution is 6.07. The van der Waals surface area contributed by atoms with Gasteiger partial charge in [-0.25, -0.2) is 0 Å². The number of benzene rings is 1. The minimum Gasteiger partial charge on any atom is -0.303 e. The molecule has 0 radical (unpaired) electrons. The number of aromatic amines is 1. The van der Waals surface area contributed by atoms with Gasteiger partial charge in [-0.3, -0.25) is 9.89 Å². The monoisotopic (exact) mass is 269 g/mol. The van der Waals surface area contributed by atoms with E-state index >= 15 is 0 Å². The molecule has 1 atom stereocenters. The number of piperidine rings is 3. The predicted octanol–water partition coefficient (Wildman–Crippen LogP) is 2.48. The van der Waals surface area contributed by atoms with Crippen molar-refractivity contribution in [3.8, 4) is 0 Å². The molecule has 3 fully saturated rings. The van der Waals surface area contributed by atoms with Crippen LogP contribution in [0.1, 0.15) is 29.6 Å². The van der Waals surface area contributed by atoms with Gasteiger partial charge in [0.15, 0.2) is 5.78 Å². The second-order valence-corrected chi connectivity index (χ2v) is 6.16. The molecule has 3 aliphatic rings. The van der Waals surface area contributed by atoms with Gasteiger partial charge in [0.25, 0.3) is 0 Å². The quantitative estimate of drug-likeness (QED) is 0.871. The average molecular weight is 269 g/mol. The van der Waals surface area contributed by atoms with Crippen molar-refractivity contribution in [3.63, 3.8) is 0 Å². The summed E-state index contributed by atoms with van der Waals surface area (Å²) in [6.45, 7) is 3.57. The van der Waals surface area contributed by atoms with E-state index in [2.05, 4.69) is 15.1 Å². The number of aromatic nitrogens is 2. The molecule has 5 rings (SSSR count). The van der Waals surface area contributed by atoms with Crippen LogP contribution in [0.3, 0.4) is 0 Å². The second kappa shape index (κ2) is 4.70. The van der Waals surface area contributed by atoms with Gasteiger partial charge in [-0.2, -0.15) is 5.10 Å². The molecule has 2 bridgehead atoms. The highest BCUT2D eigenvalue weighted by atomic mass is 16.1. The van der Waals surface area contributed by atoms with Crippen molar-refractivity contribution in [1.82, 2.24) is 15.1 Å². The molecule has 4 heteroatoms. The van der Waals surface area contributed by atoms with Crippen molar-refractivity contribution < 1.29 is 4.79 Å². The predicted molar refractivity (Wildman–Crippen MR) is 77.7 cm³/mol. The summed E-state index contributed by atoms with van der Waals surface area (Å²) >= 11 is 0. The lowest BCUT2D eigenvalue weighted by molar-refractivity contribution is 0.0441. The number of rotatable bonds is 3. The smallest absolute Gasteiger partial charge is 0.163 e. The number of nitrogens with one attached hydrogen (secondary N) is 1. The van der Waals surface area contributed by atoms with Crippen molar-refractivity contribution in [3.05, 3.63) is 30.0 Å². The topological polar surface area (TPSA) is 49.0 Å². The normalized spacial score (nSPS) is 28.9. The van der Waals surface area contributed by atoms with Crippen molar-refractivity contribution in [2.24, 2.45) is 11.8 Å². The Balaban J connectivity index is 1.57. The Bertz CT molecular complexity index is 640. The van der Waals surface area contributed by atoms with E-state index in [-0.39, 0.29) is 5.78 Å². The van der Waals surface area contributed by atoms with Crippen LogP contribution in [0.4, 0.5) is 0 Å². The zero-order valence-corrected chi connectivity index (χ0v) is 11.5. The average Bonchev–Trinajstić information content (AvgIpc) is 2.96. The third-order valence-corrected chi connectivity index (χ3v) is 5.02. The summed E-state index contributed by atoms with van der Waals surface area (Å²) in [7, 11) is 0. The maximum absolute atomic E-state index is 12.6. The summed E-state index contributed by atoms with van der Waals surface area (Å²) in [4.78, 5) is 15.2. The number of ketones is 1. The van der Waals surface area contributed by atoms with E-state index in [9.17, 15) is 4.79 Å². The molecular weight excluding hydrogens is 250 g/mol. The summed E-state index contributed by atoms with van der Waals surface area (Å²) in [5.41, 5.74) is 1.78. The van der Waals surface area contributed by atoms with E-state index in [4.69, 9.17) is 0 Å². The fraction of sp³-hybridized carbons (Fsp3) is 0.500. The van der Waals surface area contributed by atoms with E-state index in [0.29, 0.717) is 12.3 Å². The lowest BCUT2D eigenvalue weighted by Crippen LogP contribution is -2.47. The van der Waals surface area contributed by atoms with Gasteiger partial charge < -0.3 is 4.90 Å². The highest BCUT2D eigenvalue weighted by Crippen LogP contribution is 2.35. The van der Waals surface area contributed by atoms with Crippen LogP contribution in [0.2, 0.25) is 0 Å². The highest BCUT2D eigenvalue weighted by Gasteiger charge is 2.35. The Morgan fingerprint density at radius 3 is 2.95 bits per heavy atom. The Morgan fingerprint density at radius 2 is 2.20 bits per heavy atom. The van der Waals surface area contributed by atoms with Crippen molar-refractivity contribution in [1.29, 1.82) is 0 Å². The molecule has 2 aromatic rings. The number of carbonyl (C=O) groups excluding carboxylic acids is 1. The molecule has 3 saturated heterocycles. The van der Waals surface area contributed by atoms with Crippen molar-refractivity contribution in [2.45, 2.75) is 19.3 Å². The van der Waals surface area contributed by atoms with Gasteiger partial charge in [0.2, 0.25) is 0 Å². The lowest BCUT2D eigenvalue weighted by Gasteiger charge is -2.44. The fourth-order valence-electron chi connectivity index (χ4n) is 3.88. The van der Waals surface area contributed by atoms with Crippen LogP contribution in [-0.2, 0) is 0 Å². The summed E-state index contributed by atoms with van der Waals surface area (Å²) in [5, 5.41) is 7.94. The van der Waals surface area contributed by atoms with E-state index < -0.39 is 0 Å². The standard InChI is InChI=1S/C16H19N3O/c20-16(8-12-10-19-6-4-11(12)5-7-19)13-2-1-3-15-14(13)9-17-18-15/h1-3,9,11-12H,4-8,10H2,(H,17,18)/t12-/m0/s1. The molecule has 0 spiro atoms. The number of hydrogen-bond acceptors (Lipinski definition) is 3. The van der Waals surface area contributed by atoms with Crippen LogP contribution >= 0.6 is 0 Å². The number of nitrogens with zero attached hydrogens (tertiary/aromatic N) is 2. The first-order valence-corrected chi connectivity index (χ1v) is 7.49. The largest absolute Gasteiger partial charge is 0.303 e. The molecule has 4 nitrogen and oxygen atoms in total. The molecule has 0 saturated carbocycles. The van der Waals surface area contributed by atoms with Crippen LogP contribution in [-0.4, -0.2) is 40.5 Å². The van der Waals surface area contributed by atoms with E-state index in [1.165, 1.54) is 25.9 Å². The zero-order chi connectivity index (χ0) is 13.5. The third kappa shape index (κ3) is 1.95. The Hall–Kier alpha value is -1.68. The zero-order valence-electron chi connectivity index (χ0n) is 11.5. The van der Waals surface area contributed by atoms with Crippen LogP contribution in [0, 0.1) is 11.8 Å². The van der Waals surface area contributed by atoms with Gasteiger partial charge in [0.1, 0.15) is 0 Å². The van der Waals surface area contributed by atoms with Gasteiger partial charge in [-0.1, -0.05) is 12.1 Å². The lowest BCUT2D eigenvalue weighted by atomic mass is 9.76. The molecule has 20 heavy (non-hydrogen) atoms. The van der Waals surface area contributed by atoms with Gasteiger partial charge in [-0.15, -0.1) is 0 Å². The van der Waals surface area contributed by atoms with Gasteiger partial charge in [0, 0.05) is 23.9 Å². The molecular formula is C16H19N3O. The number of carbonyl (C=O) groups is 1. The van der Waals surface area contributed by atoms with Gasteiger partial charge in [-0.05, 0) is 43.8 Å². The molecule has 0 aliphatic carbocycles. The Morgan fingerprint density at radius 1 is 1.35 bits per heavy atom. The molecule has 0 unspecified atom stereocenters.